The lowest BCUT2D eigenvalue weighted by atomic mass is 10.00. The molecule has 9 aromatic rings. The van der Waals surface area contributed by atoms with Crippen LogP contribution in [-0.2, 0) is 20.8 Å². The number of Topliss-reactive ketones (excluding diaryl/α,β-unsaturated/α-hetero) is 2. The molecule has 3 fully saturated rings. The van der Waals surface area contributed by atoms with Crippen molar-refractivity contribution in [3.8, 4) is 31.7 Å². The van der Waals surface area contributed by atoms with E-state index in [1.165, 1.54) is 85.9 Å². The lowest BCUT2D eigenvalue weighted by molar-refractivity contribution is -0.117. The highest BCUT2D eigenvalue weighted by molar-refractivity contribution is 7.20. The van der Waals surface area contributed by atoms with Crippen LogP contribution in [0.3, 0.4) is 0 Å². The van der Waals surface area contributed by atoms with Crippen molar-refractivity contribution < 1.29 is 24.3 Å². The molecule has 0 spiro atoms. The van der Waals surface area contributed by atoms with E-state index in [1.807, 2.05) is 24.3 Å². The van der Waals surface area contributed by atoms with Crippen LogP contribution in [0.15, 0.2) is 87.2 Å². The average Bonchev–Trinajstić information content (AvgIpc) is 1.71. The molecule has 1 unspecified atom stereocenters. The molecule has 3 aromatic carbocycles. The number of aliphatic hydroxyl groups is 1. The molecule has 3 aliphatic heterocycles. The number of piperidine rings is 3. The van der Waals surface area contributed by atoms with E-state index < -0.39 is 6.10 Å². The molecule has 0 radical (unpaired) electrons. The zero-order valence-corrected chi connectivity index (χ0v) is 53.1. The number of hydrogen-bond acceptors (Lipinski definition) is 23. The molecule has 90 heavy (non-hydrogen) atoms. The Morgan fingerprint density at radius 1 is 0.500 bits per heavy atom. The minimum absolute atomic E-state index is 0.0562. The maximum atomic E-state index is 12.7. The molecule has 0 saturated carbocycles. The van der Waals surface area contributed by atoms with E-state index >= 15 is 0 Å². The zero-order chi connectivity index (χ0) is 63.8. The predicted molar refractivity (Wildman–Crippen MR) is 354 cm³/mol. The smallest absolute Gasteiger partial charge is 0.277 e. The van der Waals surface area contributed by atoms with Gasteiger partial charge in [0.1, 0.15) is 32.5 Å². The predicted octanol–water partition coefficient (Wildman–Crippen LogP) is 6.67. The van der Waals surface area contributed by atoms with Gasteiger partial charge in [0.05, 0.1) is 25.7 Å². The fourth-order valence-corrected chi connectivity index (χ4v) is 13.4. The highest BCUT2D eigenvalue weighted by atomic mass is 32.1. The Labute approximate surface area is 529 Å². The molecule has 9 heterocycles. The summed E-state index contributed by atoms with van der Waals surface area (Å²) < 4.78 is 3.94. The maximum absolute atomic E-state index is 12.7. The highest BCUT2D eigenvalue weighted by Gasteiger charge is 2.22. The van der Waals surface area contributed by atoms with Gasteiger partial charge in [0, 0.05) is 97.5 Å². The molecule has 2 amide bonds. The van der Waals surface area contributed by atoms with Crippen molar-refractivity contribution in [2.75, 3.05) is 84.2 Å². The standard InChI is InChI=1S/C21H26N6O2S.C21H23N5O3S.C20H24N6O3S/c1-13(2)14-8-15(10-16(9-14)23-18(28)12-22)20-25-27-19(29)11-17(24-21(27)30-20)26-6-4-3-5-7-26;1-13(27)15-7-14(9-17(28)12-22)8-16(10-15)20-24-26-19(29)11-18(23-21(26)30-20)25-5-3-2-4-6-25;1-12(27)13-7-14(9-15(8-13)22-17(28)11-21)19-24-26-18(29)10-16(23-20(26)30-19)25-5-3-2-4-6-25/h8-11,13H,3-7,12,22H2,1-2H3,(H,23,28);7-8,10-11H,2-6,9,12,22H2,1H3;7-10,12,27H,2-6,11,21H2,1H3,(H,22,28). The fourth-order valence-electron chi connectivity index (χ4n) is 10.7. The third-order valence-electron chi connectivity index (χ3n) is 15.5. The Morgan fingerprint density at radius 3 is 1.23 bits per heavy atom. The molecule has 25 nitrogen and oxygen atoms in total. The van der Waals surface area contributed by atoms with Crippen molar-refractivity contribution in [3.63, 3.8) is 0 Å². The molecule has 28 heteroatoms. The first-order chi connectivity index (χ1) is 43.3. The van der Waals surface area contributed by atoms with Gasteiger partial charge in [-0.3, -0.25) is 33.6 Å². The van der Waals surface area contributed by atoms with Crippen molar-refractivity contribution in [2.45, 2.75) is 104 Å². The summed E-state index contributed by atoms with van der Waals surface area (Å²) in [6, 6.07) is 20.9. The van der Waals surface area contributed by atoms with Crippen LogP contribution in [0.2, 0.25) is 0 Å². The molecule has 3 aliphatic rings. The molecule has 472 valence electrons. The monoisotopic (exact) mass is 1280 g/mol. The Morgan fingerprint density at radius 2 is 0.878 bits per heavy atom. The maximum Gasteiger partial charge on any atom is 0.277 e. The lowest BCUT2D eigenvalue weighted by Gasteiger charge is -2.27. The number of anilines is 5. The number of fused-ring (bicyclic) bond motifs is 3. The second-order valence-corrected chi connectivity index (χ2v) is 25.6. The number of rotatable bonds is 16. The number of amides is 2. The molecule has 1 atom stereocenters. The summed E-state index contributed by atoms with van der Waals surface area (Å²) in [6.45, 7) is 12.4. The number of nitrogens with zero attached hydrogens (tertiary/aromatic N) is 12. The van der Waals surface area contributed by atoms with Gasteiger partial charge in [-0.25, -0.2) is 15.0 Å². The van der Waals surface area contributed by atoms with Crippen molar-refractivity contribution in [2.24, 2.45) is 17.2 Å². The Bertz CT molecular complexity index is 4120. The Balaban J connectivity index is 0.000000148. The van der Waals surface area contributed by atoms with Gasteiger partial charge in [0.15, 0.2) is 11.6 Å². The summed E-state index contributed by atoms with van der Waals surface area (Å²) in [5.74, 6) is 1.54. The zero-order valence-electron chi connectivity index (χ0n) is 50.6. The van der Waals surface area contributed by atoms with Crippen LogP contribution in [-0.4, -0.2) is 131 Å². The van der Waals surface area contributed by atoms with E-state index in [0.29, 0.717) is 80.7 Å². The van der Waals surface area contributed by atoms with E-state index in [9.17, 15) is 38.7 Å². The van der Waals surface area contributed by atoms with Crippen LogP contribution in [0, 0.1) is 0 Å². The molecular weight excluding hydrogens is 1210 g/mol. The highest BCUT2D eigenvalue weighted by Crippen LogP contribution is 2.34. The van der Waals surface area contributed by atoms with E-state index in [0.717, 1.165) is 94.7 Å². The third kappa shape index (κ3) is 15.5. The number of nitrogens with two attached hydrogens (primary N) is 3. The largest absolute Gasteiger partial charge is 0.389 e. The first kappa shape index (κ1) is 64.5. The van der Waals surface area contributed by atoms with Crippen molar-refractivity contribution >= 4 is 101 Å². The van der Waals surface area contributed by atoms with Gasteiger partial charge in [-0.05, 0) is 149 Å². The number of ketones is 2. The number of aliphatic hydroxyl groups excluding tert-OH is 1. The number of carbonyl (C=O) groups excluding carboxylic acids is 4. The third-order valence-corrected chi connectivity index (χ3v) is 18.4. The molecule has 9 N–H and O–H groups in total. The van der Waals surface area contributed by atoms with Crippen molar-refractivity contribution in [1.82, 2.24) is 43.8 Å². The average molecular weight is 1280 g/mol. The second kappa shape index (κ2) is 29.0. The normalized spacial score (nSPS) is 14.7. The molecule has 12 rings (SSSR count). The Kier molecular flexibility index (Phi) is 20.8. The van der Waals surface area contributed by atoms with Gasteiger partial charge in [-0.15, -0.1) is 0 Å². The summed E-state index contributed by atoms with van der Waals surface area (Å²) in [4.78, 5) is 107. The van der Waals surface area contributed by atoms with E-state index in [1.54, 1.807) is 43.3 Å². The van der Waals surface area contributed by atoms with Crippen LogP contribution >= 0.6 is 34.0 Å². The topological polar surface area (TPSA) is 342 Å². The lowest BCUT2D eigenvalue weighted by Crippen LogP contribution is -2.31. The first-order valence-corrected chi connectivity index (χ1v) is 32.6. The van der Waals surface area contributed by atoms with Crippen LogP contribution in [0.25, 0.3) is 46.6 Å². The molecule has 6 aromatic heterocycles. The summed E-state index contributed by atoms with van der Waals surface area (Å²) in [6.07, 6.45) is 9.65. The quantitative estimate of drug-likeness (QED) is 0.0550. The van der Waals surface area contributed by atoms with Crippen LogP contribution in [0.4, 0.5) is 28.8 Å². The van der Waals surface area contributed by atoms with Crippen LogP contribution in [0.5, 0.6) is 0 Å². The summed E-state index contributed by atoms with van der Waals surface area (Å²) in [5.41, 5.74) is 21.8. The van der Waals surface area contributed by atoms with Crippen molar-refractivity contribution in [1.29, 1.82) is 0 Å². The molecule has 0 aliphatic carbocycles. The molecule has 3 saturated heterocycles. The second-order valence-electron chi connectivity index (χ2n) is 22.7. The van der Waals surface area contributed by atoms with E-state index in [-0.39, 0.29) is 72.0 Å². The Hall–Kier alpha value is -8.51. The SMILES string of the molecule is CC(=O)c1cc(CC(=O)CN)cc(-c2nn3c(=O)cc(N4CCCCC4)nc3s2)c1.CC(C)c1cc(NC(=O)CN)cc(-c2nn3c(=O)cc(N4CCCCC4)nc3s2)c1.CC(O)c1cc(NC(=O)CN)cc(-c2nn3c(=O)cc(N4CCCCC4)nc3s2)c1. The molecular formula is C62H73N17O8S3. The van der Waals surface area contributed by atoms with E-state index in [2.05, 4.69) is 64.4 Å². The first-order valence-electron chi connectivity index (χ1n) is 30.2. The number of carbonyl (C=O) groups is 4. The van der Waals surface area contributed by atoms with Crippen LogP contribution < -0.4 is 59.2 Å². The minimum Gasteiger partial charge on any atom is -0.389 e. The summed E-state index contributed by atoms with van der Waals surface area (Å²) in [7, 11) is 0. The fraction of sp³-hybridized carbons (Fsp3) is 0.403. The molecule has 0 bridgehead atoms. The van der Waals surface area contributed by atoms with Gasteiger partial charge in [0.2, 0.25) is 26.7 Å². The number of hydrogen-bond donors (Lipinski definition) is 6. The van der Waals surface area contributed by atoms with Crippen molar-refractivity contribution in [3.05, 3.63) is 126 Å². The number of nitrogens with one attached hydrogen (secondary N) is 2. The number of benzene rings is 3. The number of aromatic nitrogens is 9. The summed E-state index contributed by atoms with van der Waals surface area (Å²) in [5, 5.41) is 30.8. The van der Waals surface area contributed by atoms with Gasteiger partial charge in [-0.1, -0.05) is 47.9 Å². The minimum atomic E-state index is -0.737. The van der Waals surface area contributed by atoms with Crippen LogP contribution in [0.1, 0.15) is 125 Å². The van der Waals surface area contributed by atoms with Gasteiger partial charge >= 0.3 is 0 Å². The van der Waals surface area contributed by atoms with Gasteiger partial charge in [0.25, 0.3) is 16.7 Å². The summed E-state index contributed by atoms with van der Waals surface area (Å²) >= 11 is 3.95. The van der Waals surface area contributed by atoms with Gasteiger partial charge < -0.3 is 47.6 Å². The van der Waals surface area contributed by atoms with Gasteiger partial charge in [-0.2, -0.15) is 28.8 Å². The van der Waals surface area contributed by atoms with E-state index in [4.69, 9.17) is 22.2 Å².